The van der Waals surface area contributed by atoms with Crippen LogP contribution in [0.3, 0.4) is 0 Å². The number of aryl methyl sites for hydroxylation is 2. The average molecular weight is 384 g/mol. The first-order valence-corrected chi connectivity index (χ1v) is 9.65. The monoisotopic (exact) mass is 384 g/mol. The maximum atomic E-state index is 13.4. The van der Waals surface area contributed by atoms with Crippen molar-refractivity contribution in [2.45, 2.75) is 53.6 Å². The summed E-state index contributed by atoms with van der Waals surface area (Å²) in [4.78, 5) is 19.8. The minimum atomic E-state index is -0.276. The molecule has 28 heavy (non-hydrogen) atoms. The highest BCUT2D eigenvalue weighted by atomic mass is 16.3. The van der Waals surface area contributed by atoms with Gasteiger partial charge in [0.25, 0.3) is 5.91 Å². The predicted molar refractivity (Wildman–Crippen MR) is 108 cm³/mol. The summed E-state index contributed by atoms with van der Waals surface area (Å²) in [6.07, 6.45) is 1.70. The summed E-state index contributed by atoms with van der Waals surface area (Å²) in [5.74, 6) is 1.41. The minimum Gasteiger partial charge on any atom is -0.466 e. The molecule has 0 saturated heterocycles. The van der Waals surface area contributed by atoms with E-state index >= 15 is 0 Å². The van der Waals surface area contributed by atoms with Gasteiger partial charge in [0.1, 0.15) is 11.5 Å². The van der Waals surface area contributed by atoms with Gasteiger partial charge in [-0.05, 0) is 53.7 Å². The largest absolute Gasteiger partial charge is 0.466 e. The molecule has 0 saturated carbocycles. The third-order valence-corrected chi connectivity index (χ3v) is 5.00. The van der Waals surface area contributed by atoms with E-state index in [0.29, 0.717) is 28.8 Å². The topological polar surface area (TPSA) is 84.4 Å². The molecular formula is C21H28N4O3. The first-order valence-electron chi connectivity index (χ1n) is 9.65. The van der Waals surface area contributed by atoms with Crippen molar-refractivity contribution in [1.29, 1.82) is 0 Å². The number of likely N-dealkylation sites (N-methyl/N-ethyl adjacent to an activating group) is 1. The first kappa shape index (κ1) is 20.1. The van der Waals surface area contributed by atoms with E-state index in [1.165, 1.54) is 0 Å². The quantitative estimate of drug-likeness (QED) is 0.700. The molecule has 150 valence electrons. The highest BCUT2D eigenvalue weighted by Gasteiger charge is 2.25. The number of furan rings is 1. The molecule has 1 atom stereocenters. The highest BCUT2D eigenvalue weighted by molar-refractivity contribution is 6.06. The number of hydrogen-bond acceptors (Lipinski definition) is 5. The van der Waals surface area contributed by atoms with Crippen LogP contribution < -0.4 is 0 Å². The maximum absolute atomic E-state index is 13.4. The molecule has 7 nitrogen and oxygen atoms in total. The molecule has 3 aromatic rings. The summed E-state index contributed by atoms with van der Waals surface area (Å²) in [6.45, 7) is 12.0. The molecule has 7 heteroatoms. The number of fused-ring (bicyclic) bond motifs is 1. The van der Waals surface area contributed by atoms with Gasteiger partial charge in [-0.1, -0.05) is 0 Å². The van der Waals surface area contributed by atoms with E-state index in [4.69, 9.17) is 9.40 Å². The third-order valence-electron chi connectivity index (χ3n) is 5.00. The lowest BCUT2D eigenvalue weighted by Gasteiger charge is -2.27. The van der Waals surface area contributed by atoms with E-state index in [9.17, 15) is 9.90 Å². The zero-order valence-electron chi connectivity index (χ0n) is 17.4. The Morgan fingerprint density at radius 1 is 1.29 bits per heavy atom. The summed E-state index contributed by atoms with van der Waals surface area (Å²) in [5, 5.41) is 14.7. The first-order chi connectivity index (χ1) is 13.3. The number of aliphatic hydroxyl groups is 1. The molecule has 1 N–H and O–H groups in total. The van der Waals surface area contributed by atoms with Gasteiger partial charge < -0.3 is 14.4 Å². The van der Waals surface area contributed by atoms with E-state index in [2.05, 4.69) is 5.10 Å². The van der Waals surface area contributed by atoms with Gasteiger partial charge in [0, 0.05) is 18.2 Å². The normalized spacial score (nSPS) is 12.7. The molecule has 0 radical (unpaired) electrons. The number of hydrogen-bond donors (Lipinski definition) is 1. The lowest BCUT2D eigenvalue weighted by molar-refractivity contribution is 0.0634. The molecule has 0 aliphatic carbocycles. The number of aliphatic hydroxyl groups excluding tert-OH is 1. The van der Waals surface area contributed by atoms with E-state index in [1.807, 2.05) is 52.3 Å². The van der Waals surface area contributed by atoms with Crippen LogP contribution in [0.2, 0.25) is 0 Å². The second-order valence-electron chi connectivity index (χ2n) is 7.42. The Labute approximate surface area is 165 Å². The molecule has 0 aliphatic rings. The van der Waals surface area contributed by atoms with Gasteiger partial charge >= 0.3 is 0 Å². The van der Waals surface area contributed by atoms with E-state index in [0.717, 1.165) is 17.1 Å². The molecule has 0 bridgehead atoms. The predicted octanol–water partition coefficient (Wildman–Crippen LogP) is 3.73. The maximum Gasteiger partial charge on any atom is 0.255 e. The summed E-state index contributed by atoms with van der Waals surface area (Å²) in [7, 11) is 0. The van der Waals surface area contributed by atoms with Crippen molar-refractivity contribution in [2.75, 3.05) is 13.2 Å². The van der Waals surface area contributed by atoms with Crippen molar-refractivity contribution in [3.05, 3.63) is 35.4 Å². The second-order valence-corrected chi connectivity index (χ2v) is 7.42. The number of rotatable bonds is 6. The van der Waals surface area contributed by atoms with Gasteiger partial charge in [0.2, 0.25) is 0 Å². The van der Waals surface area contributed by atoms with Gasteiger partial charge in [0.15, 0.2) is 5.65 Å². The molecule has 3 aromatic heterocycles. The fourth-order valence-electron chi connectivity index (χ4n) is 3.50. The summed E-state index contributed by atoms with van der Waals surface area (Å²) >= 11 is 0. The Balaban J connectivity index is 2.26. The molecule has 0 unspecified atom stereocenters. The average Bonchev–Trinajstić information content (AvgIpc) is 3.23. The number of carbonyl (C=O) groups is 1. The molecule has 0 aromatic carbocycles. The zero-order valence-corrected chi connectivity index (χ0v) is 17.4. The Morgan fingerprint density at radius 3 is 2.54 bits per heavy atom. The number of aromatic nitrogens is 3. The highest BCUT2D eigenvalue weighted by Crippen LogP contribution is 2.30. The van der Waals surface area contributed by atoms with Gasteiger partial charge in [-0.2, -0.15) is 5.10 Å². The lowest BCUT2D eigenvalue weighted by atomic mass is 10.1. The molecule has 3 heterocycles. The molecule has 0 spiro atoms. The summed E-state index contributed by atoms with van der Waals surface area (Å²) < 4.78 is 7.50. The molecule has 3 rings (SSSR count). The molecule has 0 fully saturated rings. The molecule has 1 amide bonds. The summed E-state index contributed by atoms with van der Waals surface area (Å²) in [6, 6.07) is 3.57. The number of nitrogens with zero attached hydrogens (tertiary/aromatic N) is 4. The fraction of sp³-hybridized carbons (Fsp3) is 0.476. The van der Waals surface area contributed by atoms with Crippen LogP contribution in [0.1, 0.15) is 55.6 Å². The van der Waals surface area contributed by atoms with Crippen molar-refractivity contribution < 1.29 is 14.3 Å². The van der Waals surface area contributed by atoms with Gasteiger partial charge in [-0.3, -0.25) is 4.79 Å². The molecule has 0 aliphatic heterocycles. The zero-order chi connectivity index (χ0) is 20.6. The number of pyridine rings is 1. The standard InChI is InChI=1S/C21H28N4O3/c1-7-24(13(4)11-26)21(27)17-9-19(16-8-14(5)28-15(16)6)23-20-18(17)10-22-25(20)12(2)3/h8-10,12-13,26H,7,11H2,1-6H3/t13-/m0/s1. The van der Waals surface area contributed by atoms with Gasteiger partial charge in [0.05, 0.1) is 35.5 Å². The van der Waals surface area contributed by atoms with E-state index in [-0.39, 0.29) is 24.6 Å². The van der Waals surface area contributed by atoms with Crippen molar-refractivity contribution in [3.8, 4) is 11.3 Å². The fourth-order valence-corrected chi connectivity index (χ4v) is 3.50. The third kappa shape index (κ3) is 3.42. The van der Waals surface area contributed by atoms with Crippen LogP contribution in [-0.4, -0.2) is 49.9 Å². The van der Waals surface area contributed by atoms with Crippen molar-refractivity contribution in [1.82, 2.24) is 19.7 Å². The van der Waals surface area contributed by atoms with Crippen LogP contribution in [0.25, 0.3) is 22.3 Å². The lowest BCUT2D eigenvalue weighted by Crippen LogP contribution is -2.40. The Kier molecular flexibility index (Phi) is 5.56. The Bertz CT molecular complexity index is 1000. The van der Waals surface area contributed by atoms with Crippen molar-refractivity contribution >= 4 is 16.9 Å². The van der Waals surface area contributed by atoms with Crippen molar-refractivity contribution in [3.63, 3.8) is 0 Å². The van der Waals surface area contributed by atoms with Crippen molar-refractivity contribution in [2.24, 2.45) is 0 Å². The minimum absolute atomic E-state index is 0.0913. The summed E-state index contributed by atoms with van der Waals surface area (Å²) in [5.41, 5.74) is 2.75. The van der Waals surface area contributed by atoms with Crippen LogP contribution in [0.15, 0.2) is 22.7 Å². The van der Waals surface area contributed by atoms with Crippen LogP contribution >= 0.6 is 0 Å². The van der Waals surface area contributed by atoms with Crippen LogP contribution in [0, 0.1) is 13.8 Å². The van der Waals surface area contributed by atoms with Gasteiger partial charge in [-0.15, -0.1) is 0 Å². The van der Waals surface area contributed by atoms with Crippen LogP contribution in [0.5, 0.6) is 0 Å². The second kappa shape index (κ2) is 7.75. The van der Waals surface area contributed by atoms with Crippen LogP contribution in [0.4, 0.5) is 0 Å². The number of carbonyl (C=O) groups excluding carboxylic acids is 1. The van der Waals surface area contributed by atoms with E-state index < -0.39 is 0 Å². The Hall–Kier alpha value is -2.67. The number of amides is 1. The van der Waals surface area contributed by atoms with Crippen LogP contribution in [-0.2, 0) is 0 Å². The smallest absolute Gasteiger partial charge is 0.255 e. The SMILES string of the molecule is CCN(C(=O)c1cc(-c2cc(C)oc2C)nc2c1cnn2C(C)C)[C@@H](C)CO. The molecular weight excluding hydrogens is 356 g/mol. The Morgan fingerprint density at radius 2 is 2.00 bits per heavy atom. The van der Waals surface area contributed by atoms with Gasteiger partial charge in [-0.25, -0.2) is 9.67 Å². The van der Waals surface area contributed by atoms with E-state index in [1.54, 1.807) is 17.2 Å².